The number of aromatic nitrogens is 3. The lowest BCUT2D eigenvalue weighted by Crippen LogP contribution is -2.07. The molecule has 3 heterocycles. The van der Waals surface area contributed by atoms with Crippen LogP contribution in [0.4, 0.5) is 4.39 Å². The number of hydrogen-bond donors (Lipinski definition) is 1. The molecule has 3 aromatic heterocycles. The van der Waals surface area contributed by atoms with Crippen molar-refractivity contribution in [2.75, 3.05) is 0 Å². The van der Waals surface area contributed by atoms with Crippen LogP contribution < -0.4 is 5.43 Å². The van der Waals surface area contributed by atoms with E-state index in [0.29, 0.717) is 17.0 Å². The van der Waals surface area contributed by atoms with Gasteiger partial charge < -0.3 is 4.98 Å². The van der Waals surface area contributed by atoms with Crippen LogP contribution in [0.2, 0.25) is 5.15 Å². The van der Waals surface area contributed by atoms with Gasteiger partial charge in [0.15, 0.2) is 5.43 Å². The van der Waals surface area contributed by atoms with E-state index in [9.17, 15) is 4.79 Å². The van der Waals surface area contributed by atoms with Gasteiger partial charge in [-0.3, -0.25) is 4.79 Å². The van der Waals surface area contributed by atoms with E-state index in [0.717, 1.165) is 5.56 Å². The SMILES string of the molecule is Cc1cc(-c2c(-c3ccccc3)nc3[nH]ccc(=O)c3c2F)cc(Cl)n1. The van der Waals surface area contributed by atoms with Crippen molar-refractivity contribution >= 4 is 22.6 Å². The maximum Gasteiger partial charge on any atom is 0.194 e. The van der Waals surface area contributed by atoms with Crippen LogP contribution in [0.5, 0.6) is 0 Å². The Labute approximate surface area is 153 Å². The van der Waals surface area contributed by atoms with E-state index >= 15 is 4.39 Å². The van der Waals surface area contributed by atoms with E-state index in [1.807, 2.05) is 30.3 Å². The van der Waals surface area contributed by atoms with Crippen molar-refractivity contribution in [1.29, 1.82) is 0 Å². The summed E-state index contributed by atoms with van der Waals surface area (Å²) < 4.78 is 15.5. The molecule has 4 aromatic rings. The summed E-state index contributed by atoms with van der Waals surface area (Å²) in [4.78, 5) is 23.8. The van der Waals surface area contributed by atoms with Crippen molar-refractivity contribution in [2.24, 2.45) is 0 Å². The Hall–Kier alpha value is -3.05. The van der Waals surface area contributed by atoms with Crippen molar-refractivity contribution in [3.8, 4) is 22.4 Å². The minimum absolute atomic E-state index is 0.0761. The smallest absolute Gasteiger partial charge is 0.194 e. The van der Waals surface area contributed by atoms with Gasteiger partial charge >= 0.3 is 0 Å². The number of rotatable bonds is 2. The average Bonchev–Trinajstić information content (AvgIpc) is 2.61. The van der Waals surface area contributed by atoms with Gasteiger partial charge in [-0.1, -0.05) is 41.9 Å². The fourth-order valence-electron chi connectivity index (χ4n) is 3.01. The zero-order chi connectivity index (χ0) is 18.3. The molecule has 0 radical (unpaired) electrons. The number of H-pyrrole nitrogens is 1. The van der Waals surface area contributed by atoms with Gasteiger partial charge in [-0.2, -0.15) is 0 Å². The largest absolute Gasteiger partial charge is 0.346 e. The summed E-state index contributed by atoms with van der Waals surface area (Å²) in [6.45, 7) is 1.77. The molecule has 0 saturated carbocycles. The molecule has 0 aliphatic heterocycles. The van der Waals surface area contributed by atoms with Crippen LogP contribution >= 0.6 is 11.6 Å². The third-order valence-corrected chi connectivity index (χ3v) is 4.29. The summed E-state index contributed by atoms with van der Waals surface area (Å²) in [5.41, 5.74) is 2.34. The van der Waals surface area contributed by atoms with E-state index in [1.54, 1.807) is 19.1 Å². The Morgan fingerprint density at radius 3 is 2.54 bits per heavy atom. The molecule has 4 rings (SSSR count). The van der Waals surface area contributed by atoms with Crippen LogP contribution in [-0.4, -0.2) is 15.0 Å². The molecule has 0 bridgehead atoms. The lowest BCUT2D eigenvalue weighted by molar-refractivity contribution is 0.641. The summed E-state index contributed by atoms with van der Waals surface area (Å²) >= 11 is 6.08. The number of hydrogen-bond acceptors (Lipinski definition) is 3. The summed E-state index contributed by atoms with van der Waals surface area (Å²) in [5.74, 6) is -0.627. The van der Waals surface area contributed by atoms with E-state index in [4.69, 9.17) is 11.6 Å². The first-order chi connectivity index (χ1) is 12.5. The molecule has 6 heteroatoms. The molecular formula is C20H13ClFN3O. The number of fused-ring (bicyclic) bond motifs is 1. The summed E-state index contributed by atoms with van der Waals surface area (Å²) in [6, 6.07) is 13.8. The van der Waals surface area contributed by atoms with E-state index in [2.05, 4.69) is 15.0 Å². The molecule has 0 fully saturated rings. The fourth-order valence-corrected chi connectivity index (χ4v) is 3.26. The molecule has 0 unspecified atom stereocenters. The zero-order valence-electron chi connectivity index (χ0n) is 13.8. The molecule has 128 valence electrons. The second-order valence-electron chi connectivity index (χ2n) is 5.90. The standard InChI is InChI=1S/C20H13ClFN3O/c1-11-9-13(10-15(21)24-11)16-18(22)17-14(26)7-8-23-20(17)25-19(16)12-5-3-2-4-6-12/h2-10H,1H3,(H,23,25,26). The molecule has 0 aliphatic rings. The predicted molar refractivity (Wildman–Crippen MR) is 101 cm³/mol. The number of benzene rings is 1. The molecule has 0 saturated heterocycles. The van der Waals surface area contributed by atoms with Crippen molar-refractivity contribution in [3.63, 3.8) is 0 Å². The number of aryl methyl sites for hydroxylation is 1. The lowest BCUT2D eigenvalue weighted by Gasteiger charge is -2.13. The summed E-state index contributed by atoms with van der Waals surface area (Å²) in [7, 11) is 0. The fraction of sp³-hybridized carbons (Fsp3) is 0.0500. The highest BCUT2D eigenvalue weighted by molar-refractivity contribution is 6.29. The number of aromatic amines is 1. The van der Waals surface area contributed by atoms with Gasteiger partial charge in [0.25, 0.3) is 0 Å². The molecule has 0 atom stereocenters. The van der Waals surface area contributed by atoms with Gasteiger partial charge in [0.05, 0.1) is 5.69 Å². The Morgan fingerprint density at radius 1 is 1.04 bits per heavy atom. The van der Waals surface area contributed by atoms with Crippen molar-refractivity contribution in [3.05, 3.63) is 81.6 Å². The second kappa shape index (κ2) is 6.35. The Bertz CT molecular complexity index is 1170. The van der Waals surface area contributed by atoms with Gasteiger partial charge in [-0.25, -0.2) is 14.4 Å². The molecule has 0 amide bonds. The van der Waals surface area contributed by atoms with Gasteiger partial charge in [0.2, 0.25) is 0 Å². The highest BCUT2D eigenvalue weighted by atomic mass is 35.5. The lowest BCUT2D eigenvalue weighted by atomic mass is 9.97. The number of halogens is 2. The Balaban J connectivity index is 2.17. The quantitative estimate of drug-likeness (QED) is 0.521. The third kappa shape index (κ3) is 2.76. The maximum atomic E-state index is 15.5. The van der Waals surface area contributed by atoms with Crippen LogP contribution in [0.15, 0.2) is 59.5 Å². The summed E-state index contributed by atoms with van der Waals surface area (Å²) in [6.07, 6.45) is 1.46. The highest BCUT2D eigenvalue weighted by Gasteiger charge is 2.20. The Kier molecular flexibility index (Phi) is 4.01. The molecule has 0 spiro atoms. The van der Waals surface area contributed by atoms with Gasteiger partial charge in [0, 0.05) is 29.1 Å². The summed E-state index contributed by atoms with van der Waals surface area (Å²) in [5, 5.41) is 0.174. The van der Waals surface area contributed by atoms with Crippen LogP contribution in [0, 0.1) is 12.7 Å². The molecule has 1 N–H and O–H groups in total. The number of nitrogens with zero attached hydrogens (tertiary/aromatic N) is 2. The van der Waals surface area contributed by atoms with E-state index < -0.39 is 11.2 Å². The van der Waals surface area contributed by atoms with Crippen molar-refractivity contribution in [1.82, 2.24) is 15.0 Å². The molecule has 4 nitrogen and oxygen atoms in total. The first-order valence-electron chi connectivity index (χ1n) is 7.95. The maximum absolute atomic E-state index is 15.5. The predicted octanol–water partition coefficient (Wildman–Crippen LogP) is 4.75. The van der Waals surface area contributed by atoms with Crippen LogP contribution in [0.25, 0.3) is 33.4 Å². The molecule has 0 aliphatic carbocycles. The van der Waals surface area contributed by atoms with Crippen LogP contribution in [0.1, 0.15) is 5.69 Å². The van der Waals surface area contributed by atoms with Gasteiger partial charge in [-0.05, 0) is 24.6 Å². The van der Waals surface area contributed by atoms with Crippen LogP contribution in [0.3, 0.4) is 0 Å². The minimum Gasteiger partial charge on any atom is -0.346 e. The topological polar surface area (TPSA) is 58.6 Å². The first-order valence-corrected chi connectivity index (χ1v) is 8.33. The van der Waals surface area contributed by atoms with E-state index in [-0.39, 0.29) is 21.7 Å². The zero-order valence-corrected chi connectivity index (χ0v) is 14.5. The van der Waals surface area contributed by atoms with Crippen LogP contribution in [-0.2, 0) is 0 Å². The number of pyridine rings is 3. The van der Waals surface area contributed by atoms with E-state index in [1.165, 1.54) is 12.3 Å². The first kappa shape index (κ1) is 16.4. The second-order valence-corrected chi connectivity index (χ2v) is 6.29. The van der Waals surface area contributed by atoms with Gasteiger partial charge in [-0.15, -0.1) is 0 Å². The minimum atomic E-state index is -0.627. The Morgan fingerprint density at radius 2 is 1.81 bits per heavy atom. The normalized spacial score (nSPS) is 11.0. The highest BCUT2D eigenvalue weighted by Crippen LogP contribution is 2.36. The number of nitrogens with one attached hydrogen (secondary N) is 1. The monoisotopic (exact) mass is 365 g/mol. The molecule has 26 heavy (non-hydrogen) atoms. The molecule has 1 aromatic carbocycles. The van der Waals surface area contributed by atoms with Crippen molar-refractivity contribution < 1.29 is 4.39 Å². The van der Waals surface area contributed by atoms with Crippen molar-refractivity contribution in [2.45, 2.75) is 6.92 Å². The third-order valence-electron chi connectivity index (χ3n) is 4.10. The molecular weight excluding hydrogens is 353 g/mol. The van der Waals surface area contributed by atoms with Gasteiger partial charge in [0.1, 0.15) is 22.0 Å². The average molecular weight is 366 g/mol.